The van der Waals surface area contributed by atoms with Crippen molar-refractivity contribution in [1.82, 2.24) is 10.6 Å². The average Bonchev–Trinajstić information content (AvgIpc) is 2.66. The van der Waals surface area contributed by atoms with Crippen LogP contribution in [0.15, 0.2) is 54.6 Å². The zero-order chi connectivity index (χ0) is 18.5. The Kier molecular flexibility index (Phi) is 5.71. The van der Waals surface area contributed by atoms with Crippen LogP contribution >= 0.6 is 0 Å². The van der Waals surface area contributed by atoms with Crippen LogP contribution in [0, 0.1) is 5.92 Å². The summed E-state index contributed by atoms with van der Waals surface area (Å²) in [5.41, 5.74) is 3.07. The summed E-state index contributed by atoms with van der Waals surface area (Å²) in [4.78, 5) is 25.4. The maximum absolute atomic E-state index is 12.9. The molecule has 26 heavy (non-hydrogen) atoms. The second-order valence-electron chi connectivity index (χ2n) is 7.21. The summed E-state index contributed by atoms with van der Waals surface area (Å²) < 4.78 is 0. The summed E-state index contributed by atoms with van der Waals surface area (Å²) in [7, 11) is 0. The molecule has 2 aromatic rings. The van der Waals surface area contributed by atoms with Crippen molar-refractivity contribution in [2.24, 2.45) is 5.92 Å². The molecule has 0 heterocycles. The molecular formula is C22H26N2O2. The van der Waals surface area contributed by atoms with Crippen molar-refractivity contribution in [2.75, 3.05) is 0 Å². The molecule has 1 aliphatic rings. The van der Waals surface area contributed by atoms with Crippen LogP contribution in [0.3, 0.4) is 0 Å². The van der Waals surface area contributed by atoms with E-state index >= 15 is 0 Å². The van der Waals surface area contributed by atoms with E-state index in [4.69, 9.17) is 0 Å². The van der Waals surface area contributed by atoms with Gasteiger partial charge in [-0.2, -0.15) is 0 Å². The molecule has 0 radical (unpaired) electrons. The molecule has 0 saturated heterocycles. The van der Waals surface area contributed by atoms with Crippen molar-refractivity contribution in [1.29, 1.82) is 0 Å². The van der Waals surface area contributed by atoms with Crippen LogP contribution in [0.5, 0.6) is 0 Å². The fraction of sp³-hybridized carbons (Fsp3) is 0.364. The van der Waals surface area contributed by atoms with E-state index in [1.54, 1.807) is 12.1 Å². The highest BCUT2D eigenvalue weighted by atomic mass is 16.2. The van der Waals surface area contributed by atoms with Gasteiger partial charge in [0, 0.05) is 5.56 Å². The molecule has 2 amide bonds. The first-order valence-corrected chi connectivity index (χ1v) is 9.30. The number of rotatable bonds is 5. The third-order valence-corrected chi connectivity index (χ3v) is 4.96. The van der Waals surface area contributed by atoms with Crippen LogP contribution in [0.1, 0.15) is 54.2 Å². The second-order valence-corrected chi connectivity index (χ2v) is 7.21. The standard InChI is InChI=1S/C22H26N2O2/c1-15(2)20(24-21(25)17-10-4-3-5-11-17)22(26)23-19-14-8-12-16-9-6-7-13-18(16)19/h3-7,9-11,13,15,19-20H,8,12,14H2,1-2H3,(H,23,26)(H,24,25)/t19-,20+/m0/s1. The molecule has 1 aliphatic carbocycles. The van der Waals surface area contributed by atoms with Gasteiger partial charge in [0.05, 0.1) is 6.04 Å². The third kappa shape index (κ3) is 4.13. The fourth-order valence-electron chi connectivity index (χ4n) is 3.51. The Morgan fingerprint density at radius 2 is 1.69 bits per heavy atom. The van der Waals surface area contributed by atoms with Crippen LogP contribution in [0.25, 0.3) is 0 Å². The number of nitrogens with one attached hydrogen (secondary N) is 2. The zero-order valence-electron chi connectivity index (χ0n) is 15.4. The SMILES string of the molecule is CC(C)[C@@H](NC(=O)c1ccccc1)C(=O)N[C@H]1CCCc2ccccc21. The number of carbonyl (C=O) groups is 2. The number of hydrogen-bond donors (Lipinski definition) is 2. The lowest BCUT2D eigenvalue weighted by Crippen LogP contribution is -2.50. The van der Waals surface area contributed by atoms with E-state index in [9.17, 15) is 9.59 Å². The van der Waals surface area contributed by atoms with E-state index in [2.05, 4.69) is 22.8 Å². The van der Waals surface area contributed by atoms with Crippen molar-refractivity contribution in [3.63, 3.8) is 0 Å². The van der Waals surface area contributed by atoms with Gasteiger partial charge in [-0.25, -0.2) is 0 Å². The molecule has 2 N–H and O–H groups in total. The second kappa shape index (κ2) is 8.17. The molecule has 0 bridgehead atoms. The van der Waals surface area contributed by atoms with E-state index in [0.29, 0.717) is 5.56 Å². The van der Waals surface area contributed by atoms with Crippen molar-refractivity contribution in [3.8, 4) is 0 Å². The minimum Gasteiger partial charge on any atom is -0.347 e. The molecule has 0 spiro atoms. The lowest BCUT2D eigenvalue weighted by molar-refractivity contribution is -0.124. The first-order valence-electron chi connectivity index (χ1n) is 9.30. The Hall–Kier alpha value is -2.62. The van der Waals surface area contributed by atoms with Crippen LogP contribution in [0.4, 0.5) is 0 Å². The Bertz CT molecular complexity index is 771. The summed E-state index contributed by atoms with van der Waals surface area (Å²) in [6.45, 7) is 3.90. The number of amides is 2. The largest absolute Gasteiger partial charge is 0.347 e. The molecule has 4 heteroatoms. The lowest BCUT2D eigenvalue weighted by atomic mass is 9.87. The molecule has 2 aromatic carbocycles. The van der Waals surface area contributed by atoms with Crippen LogP contribution in [-0.2, 0) is 11.2 Å². The number of aryl methyl sites for hydroxylation is 1. The number of hydrogen-bond acceptors (Lipinski definition) is 2. The minimum atomic E-state index is -0.559. The quantitative estimate of drug-likeness (QED) is 0.865. The summed E-state index contributed by atoms with van der Waals surface area (Å²) in [6, 6.07) is 16.7. The highest BCUT2D eigenvalue weighted by Gasteiger charge is 2.28. The normalized spacial score (nSPS) is 17.3. The van der Waals surface area contributed by atoms with Crippen LogP contribution in [-0.4, -0.2) is 17.9 Å². The Morgan fingerprint density at radius 1 is 1.00 bits per heavy atom. The van der Waals surface area contributed by atoms with Gasteiger partial charge < -0.3 is 10.6 Å². The van der Waals surface area contributed by atoms with Crippen molar-refractivity contribution in [3.05, 3.63) is 71.3 Å². The lowest BCUT2D eigenvalue weighted by Gasteiger charge is -2.29. The topological polar surface area (TPSA) is 58.2 Å². The van der Waals surface area contributed by atoms with E-state index in [-0.39, 0.29) is 23.8 Å². The molecule has 136 valence electrons. The van der Waals surface area contributed by atoms with Gasteiger partial charge in [-0.1, -0.05) is 56.3 Å². The van der Waals surface area contributed by atoms with Crippen molar-refractivity contribution in [2.45, 2.75) is 45.2 Å². The molecule has 4 nitrogen and oxygen atoms in total. The Balaban J connectivity index is 1.71. The molecule has 0 aromatic heterocycles. The maximum atomic E-state index is 12.9. The van der Waals surface area contributed by atoms with E-state index in [1.807, 2.05) is 44.2 Å². The first-order chi connectivity index (χ1) is 12.6. The van der Waals surface area contributed by atoms with E-state index in [1.165, 1.54) is 11.1 Å². The number of benzene rings is 2. The minimum absolute atomic E-state index is 0.00139. The highest BCUT2D eigenvalue weighted by molar-refractivity contribution is 5.97. The predicted molar refractivity (Wildman–Crippen MR) is 103 cm³/mol. The zero-order valence-corrected chi connectivity index (χ0v) is 15.4. The maximum Gasteiger partial charge on any atom is 0.251 e. The average molecular weight is 350 g/mol. The van der Waals surface area contributed by atoms with E-state index in [0.717, 1.165) is 19.3 Å². The smallest absolute Gasteiger partial charge is 0.251 e. The summed E-state index contributed by atoms with van der Waals surface area (Å²) in [6.07, 6.45) is 3.05. The van der Waals surface area contributed by atoms with Gasteiger partial charge in [0.15, 0.2) is 0 Å². The summed E-state index contributed by atoms with van der Waals surface area (Å²) in [5, 5.41) is 6.05. The number of carbonyl (C=O) groups excluding carboxylic acids is 2. The van der Waals surface area contributed by atoms with Gasteiger partial charge in [-0.05, 0) is 48.4 Å². The molecule has 0 unspecified atom stereocenters. The van der Waals surface area contributed by atoms with Gasteiger partial charge in [-0.3, -0.25) is 9.59 Å². The monoisotopic (exact) mass is 350 g/mol. The van der Waals surface area contributed by atoms with Crippen LogP contribution < -0.4 is 10.6 Å². The summed E-state index contributed by atoms with van der Waals surface area (Å²) >= 11 is 0. The molecule has 3 rings (SSSR count). The van der Waals surface area contributed by atoms with Gasteiger partial charge in [0.25, 0.3) is 5.91 Å². The number of fused-ring (bicyclic) bond motifs is 1. The van der Waals surface area contributed by atoms with Crippen molar-refractivity contribution < 1.29 is 9.59 Å². The molecule has 0 aliphatic heterocycles. The Morgan fingerprint density at radius 3 is 2.42 bits per heavy atom. The highest BCUT2D eigenvalue weighted by Crippen LogP contribution is 2.29. The molecule has 0 fully saturated rings. The fourth-order valence-corrected chi connectivity index (χ4v) is 3.51. The molecular weight excluding hydrogens is 324 g/mol. The predicted octanol–water partition coefficient (Wildman–Crippen LogP) is 3.63. The molecule has 2 atom stereocenters. The van der Waals surface area contributed by atoms with Gasteiger partial charge >= 0.3 is 0 Å². The van der Waals surface area contributed by atoms with Crippen molar-refractivity contribution >= 4 is 11.8 Å². The van der Waals surface area contributed by atoms with Crippen LogP contribution in [0.2, 0.25) is 0 Å². The van der Waals surface area contributed by atoms with Gasteiger partial charge in [0.2, 0.25) is 5.91 Å². The van der Waals surface area contributed by atoms with Gasteiger partial charge in [-0.15, -0.1) is 0 Å². The summed E-state index contributed by atoms with van der Waals surface area (Å²) in [5.74, 6) is -0.337. The first kappa shape index (κ1) is 18.2. The van der Waals surface area contributed by atoms with Gasteiger partial charge in [0.1, 0.15) is 6.04 Å². The Labute approximate surface area is 155 Å². The van der Waals surface area contributed by atoms with E-state index < -0.39 is 6.04 Å². The molecule has 0 saturated carbocycles. The third-order valence-electron chi connectivity index (χ3n) is 4.96.